The van der Waals surface area contributed by atoms with E-state index >= 15 is 0 Å². The van der Waals surface area contributed by atoms with Crippen molar-refractivity contribution in [2.75, 3.05) is 11.5 Å². The molecule has 0 aliphatic carbocycles. The second kappa shape index (κ2) is 6.91. The number of esters is 1. The molecule has 4 rings (SSSR count). The predicted octanol–water partition coefficient (Wildman–Crippen LogP) is 3.72. The van der Waals surface area contributed by atoms with Crippen LogP contribution in [-0.4, -0.2) is 23.4 Å². The average Bonchev–Trinajstić information content (AvgIpc) is 2.65. The molecular formula is C21H19FN2O3S. The van der Waals surface area contributed by atoms with Gasteiger partial charge in [0.25, 0.3) is 0 Å². The van der Waals surface area contributed by atoms with E-state index < -0.39 is 29.5 Å². The number of hydrogen-bond acceptors (Lipinski definition) is 4. The van der Waals surface area contributed by atoms with E-state index in [9.17, 15) is 9.18 Å². The number of carbonyl (C=O) groups excluding carboxylic acids is 1. The Morgan fingerprint density at radius 1 is 1.39 bits per heavy atom. The van der Waals surface area contributed by atoms with Crippen molar-refractivity contribution >= 4 is 29.0 Å². The van der Waals surface area contributed by atoms with Gasteiger partial charge in [-0.3, -0.25) is 9.69 Å². The molecule has 1 saturated heterocycles. The number of benzene rings is 2. The van der Waals surface area contributed by atoms with Crippen LogP contribution in [0.2, 0.25) is 0 Å². The van der Waals surface area contributed by atoms with Gasteiger partial charge < -0.3 is 14.8 Å². The van der Waals surface area contributed by atoms with Gasteiger partial charge in [0, 0.05) is 11.3 Å². The number of hydrogen-bond donors (Lipinski definition) is 1. The Morgan fingerprint density at radius 2 is 2.18 bits per heavy atom. The van der Waals surface area contributed by atoms with Crippen LogP contribution < -0.4 is 15.0 Å². The number of rotatable bonds is 4. The van der Waals surface area contributed by atoms with E-state index in [1.54, 1.807) is 24.0 Å². The number of anilines is 1. The summed E-state index contributed by atoms with van der Waals surface area (Å²) in [6.45, 7) is 5.45. The van der Waals surface area contributed by atoms with Gasteiger partial charge in [-0.1, -0.05) is 36.9 Å². The predicted molar refractivity (Wildman–Crippen MR) is 107 cm³/mol. The molecule has 2 aromatic rings. The van der Waals surface area contributed by atoms with Crippen LogP contribution in [0, 0.1) is 11.7 Å². The lowest BCUT2D eigenvalue weighted by atomic mass is 9.79. The Kier molecular flexibility index (Phi) is 4.55. The monoisotopic (exact) mass is 398 g/mol. The molecule has 0 saturated carbocycles. The van der Waals surface area contributed by atoms with Gasteiger partial charge in [0.15, 0.2) is 5.11 Å². The smallest absolute Gasteiger partial charge is 0.317 e. The highest BCUT2D eigenvalue weighted by atomic mass is 32.1. The highest BCUT2D eigenvalue weighted by Gasteiger charge is 2.59. The number of halogens is 1. The lowest BCUT2D eigenvalue weighted by Crippen LogP contribution is -2.71. The molecule has 0 unspecified atom stereocenters. The minimum atomic E-state index is -1.20. The van der Waals surface area contributed by atoms with E-state index in [1.807, 2.05) is 24.3 Å². The summed E-state index contributed by atoms with van der Waals surface area (Å²) in [4.78, 5) is 14.6. The van der Waals surface area contributed by atoms with Crippen molar-refractivity contribution < 1.29 is 18.7 Å². The highest BCUT2D eigenvalue weighted by molar-refractivity contribution is 7.80. The minimum Gasteiger partial charge on any atom is -0.466 e. The third-order valence-electron chi connectivity index (χ3n) is 5.07. The third kappa shape index (κ3) is 2.82. The summed E-state index contributed by atoms with van der Waals surface area (Å²) in [6.07, 6.45) is 1.51. The fraction of sp³-hybridized carbons (Fsp3) is 0.238. The second-order valence-corrected chi connectivity index (χ2v) is 7.22. The molecule has 2 heterocycles. The molecule has 2 aliphatic heterocycles. The minimum absolute atomic E-state index is 0.0875. The van der Waals surface area contributed by atoms with Gasteiger partial charge in [0.1, 0.15) is 24.1 Å². The summed E-state index contributed by atoms with van der Waals surface area (Å²) in [5, 5.41) is 3.58. The molecule has 7 heteroatoms. The van der Waals surface area contributed by atoms with Crippen LogP contribution in [0.5, 0.6) is 5.75 Å². The Hall–Kier alpha value is -2.93. The molecular weight excluding hydrogens is 379 g/mol. The number of para-hydroxylation sites is 1. The number of nitrogens with zero attached hydrogens (tertiary/aromatic N) is 1. The molecule has 144 valence electrons. The zero-order valence-electron chi connectivity index (χ0n) is 15.2. The SMILES string of the molecule is C=CCOC(=O)[C@H]1[C@H]2NC(=S)N(c3cccc(F)c3)[C@@]1(C)Oc1ccccc12. The van der Waals surface area contributed by atoms with Gasteiger partial charge in [-0.15, -0.1) is 0 Å². The molecule has 2 aliphatic rings. The first-order chi connectivity index (χ1) is 13.5. The summed E-state index contributed by atoms with van der Waals surface area (Å²) in [7, 11) is 0. The second-order valence-electron chi connectivity index (χ2n) is 6.83. The quantitative estimate of drug-likeness (QED) is 0.481. The molecule has 28 heavy (non-hydrogen) atoms. The van der Waals surface area contributed by atoms with Gasteiger partial charge in [-0.2, -0.15) is 0 Å². The number of ether oxygens (including phenoxy) is 2. The Bertz CT molecular complexity index is 966. The molecule has 1 N–H and O–H groups in total. The normalized spacial score (nSPS) is 25.2. The fourth-order valence-corrected chi connectivity index (χ4v) is 4.34. The molecule has 1 fully saturated rings. The first kappa shape index (κ1) is 18.4. The first-order valence-corrected chi connectivity index (χ1v) is 9.28. The largest absolute Gasteiger partial charge is 0.466 e. The fourth-order valence-electron chi connectivity index (χ4n) is 3.92. The van der Waals surface area contributed by atoms with E-state index in [1.165, 1.54) is 18.2 Å². The number of thiocarbonyl (C=S) groups is 1. The maximum atomic E-state index is 13.9. The van der Waals surface area contributed by atoms with Crippen LogP contribution in [0.4, 0.5) is 10.1 Å². The third-order valence-corrected chi connectivity index (χ3v) is 5.37. The van der Waals surface area contributed by atoms with Crippen molar-refractivity contribution in [1.82, 2.24) is 5.32 Å². The summed E-state index contributed by atoms with van der Waals surface area (Å²) < 4.78 is 25.6. The summed E-state index contributed by atoms with van der Waals surface area (Å²) in [6, 6.07) is 13.1. The van der Waals surface area contributed by atoms with Crippen LogP contribution in [-0.2, 0) is 9.53 Å². The van der Waals surface area contributed by atoms with Gasteiger partial charge in [-0.05, 0) is 43.4 Å². The molecule has 3 atom stereocenters. The maximum absolute atomic E-state index is 13.9. The van der Waals surface area contributed by atoms with Crippen molar-refractivity contribution in [3.05, 3.63) is 72.6 Å². The zero-order valence-corrected chi connectivity index (χ0v) is 16.0. The van der Waals surface area contributed by atoms with Crippen molar-refractivity contribution in [2.24, 2.45) is 5.92 Å². The van der Waals surface area contributed by atoms with Crippen molar-refractivity contribution in [3.63, 3.8) is 0 Å². The van der Waals surface area contributed by atoms with E-state index in [4.69, 9.17) is 21.7 Å². The van der Waals surface area contributed by atoms with Crippen LogP contribution in [0.3, 0.4) is 0 Å². The van der Waals surface area contributed by atoms with E-state index in [2.05, 4.69) is 11.9 Å². The lowest BCUT2D eigenvalue weighted by Gasteiger charge is -2.55. The van der Waals surface area contributed by atoms with E-state index in [0.29, 0.717) is 16.5 Å². The standard InChI is InChI=1S/C21H19FN2O3S/c1-3-11-26-19(25)17-18-15-9-4-5-10-16(15)27-21(17,2)24(20(28)23-18)14-8-6-7-13(22)12-14/h3-10,12,17-18H,1,11H2,2H3,(H,23,28)/t17-,18+,21+/m1/s1. The van der Waals surface area contributed by atoms with Crippen LogP contribution in [0.25, 0.3) is 0 Å². The van der Waals surface area contributed by atoms with Crippen molar-refractivity contribution in [3.8, 4) is 5.75 Å². The van der Waals surface area contributed by atoms with Crippen LogP contribution in [0.15, 0.2) is 61.2 Å². The van der Waals surface area contributed by atoms with Crippen LogP contribution in [0.1, 0.15) is 18.5 Å². The Morgan fingerprint density at radius 3 is 2.93 bits per heavy atom. The Balaban J connectivity index is 1.87. The summed E-state index contributed by atoms with van der Waals surface area (Å²) in [5.74, 6) is -0.956. The molecule has 2 aromatic carbocycles. The lowest BCUT2D eigenvalue weighted by molar-refractivity contribution is -0.159. The highest BCUT2D eigenvalue weighted by Crippen LogP contribution is 2.49. The first-order valence-electron chi connectivity index (χ1n) is 8.87. The number of fused-ring (bicyclic) bond motifs is 4. The molecule has 0 aromatic heterocycles. The van der Waals surface area contributed by atoms with Gasteiger partial charge in [0.05, 0.1) is 6.04 Å². The Labute approximate surface area is 167 Å². The van der Waals surface area contributed by atoms with E-state index in [0.717, 1.165) is 5.56 Å². The topological polar surface area (TPSA) is 50.8 Å². The summed E-state index contributed by atoms with van der Waals surface area (Å²) >= 11 is 5.58. The number of nitrogens with one attached hydrogen (secondary N) is 1. The average molecular weight is 398 g/mol. The van der Waals surface area contributed by atoms with E-state index in [-0.39, 0.29) is 6.61 Å². The van der Waals surface area contributed by atoms with Crippen molar-refractivity contribution in [1.29, 1.82) is 0 Å². The van der Waals surface area contributed by atoms with Crippen LogP contribution >= 0.6 is 12.2 Å². The molecule has 2 bridgehead atoms. The van der Waals surface area contributed by atoms with Gasteiger partial charge >= 0.3 is 5.97 Å². The molecule has 0 amide bonds. The van der Waals surface area contributed by atoms with Gasteiger partial charge in [0.2, 0.25) is 5.72 Å². The van der Waals surface area contributed by atoms with Crippen molar-refractivity contribution in [2.45, 2.75) is 18.7 Å². The number of carbonyl (C=O) groups is 1. The summed E-state index contributed by atoms with van der Waals surface area (Å²) in [5.41, 5.74) is 0.106. The maximum Gasteiger partial charge on any atom is 0.317 e. The molecule has 0 radical (unpaired) electrons. The molecule has 0 spiro atoms. The zero-order chi connectivity index (χ0) is 19.9. The van der Waals surface area contributed by atoms with Gasteiger partial charge in [-0.25, -0.2) is 4.39 Å². The molecule has 5 nitrogen and oxygen atoms in total.